The van der Waals surface area contributed by atoms with Crippen molar-refractivity contribution >= 4 is 33.5 Å². The number of aliphatic imine (C=N–C) groups is 1. The van der Waals surface area contributed by atoms with Gasteiger partial charge in [0.15, 0.2) is 5.84 Å². The van der Waals surface area contributed by atoms with E-state index in [9.17, 15) is 0 Å². The molecule has 1 saturated heterocycles. The number of aromatic nitrogens is 1. The SMILES string of the molecule is COc1ccccc1C[C@H]1CN(C2=Nc3ccccc3Nc3sc(C)nc32)CCN1.[HH]. The Kier molecular flexibility index (Phi) is 5.14. The van der Waals surface area contributed by atoms with Gasteiger partial charge in [0.25, 0.3) is 0 Å². The van der Waals surface area contributed by atoms with Crippen molar-refractivity contribution in [2.75, 3.05) is 32.1 Å². The van der Waals surface area contributed by atoms with Crippen molar-refractivity contribution in [3.63, 3.8) is 0 Å². The minimum absolute atomic E-state index is 0. The molecule has 156 valence electrons. The monoisotopic (exact) mass is 421 g/mol. The van der Waals surface area contributed by atoms with Gasteiger partial charge in [0, 0.05) is 27.1 Å². The maximum absolute atomic E-state index is 5.55. The lowest BCUT2D eigenvalue weighted by Gasteiger charge is -2.35. The number of piperazine rings is 1. The number of hydrogen-bond acceptors (Lipinski definition) is 7. The molecule has 0 radical (unpaired) electrons. The number of para-hydroxylation sites is 3. The van der Waals surface area contributed by atoms with Gasteiger partial charge >= 0.3 is 0 Å². The topological polar surface area (TPSA) is 61.8 Å². The highest BCUT2D eigenvalue weighted by Gasteiger charge is 2.29. The van der Waals surface area contributed by atoms with E-state index in [0.717, 1.165) is 64.7 Å². The van der Waals surface area contributed by atoms with E-state index in [-0.39, 0.29) is 1.43 Å². The van der Waals surface area contributed by atoms with E-state index < -0.39 is 0 Å². The Morgan fingerprint density at radius 3 is 2.93 bits per heavy atom. The van der Waals surface area contributed by atoms with Crippen LogP contribution in [-0.2, 0) is 6.42 Å². The molecule has 5 rings (SSSR count). The summed E-state index contributed by atoms with van der Waals surface area (Å²) in [6, 6.07) is 16.8. The highest BCUT2D eigenvalue weighted by atomic mass is 32.1. The Morgan fingerprint density at radius 1 is 1.20 bits per heavy atom. The van der Waals surface area contributed by atoms with E-state index in [0.29, 0.717) is 6.04 Å². The van der Waals surface area contributed by atoms with Gasteiger partial charge in [0.2, 0.25) is 0 Å². The van der Waals surface area contributed by atoms with Crippen LogP contribution in [0.3, 0.4) is 0 Å². The van der Waals surface area contributed by atoms with Crippen LogP contribution in [0, 0.1) is 6.92 Å². The second kappa shape index (κ2) is 8.08. The molecule has 0 unspecified atom stereocenters. The van der Waals surface area contributed by atoms with Crippen molar-refractivity contribution in [2.24, 2.45) is 4.99 Å². The maximum atomic E-state index is 5.55. The van der Waals surface area contributed by atoms with Gasteiger partial charge in [-0.2, -0.15) is 0 Å². The van der Waals surface area contributed by atoms with Gasteiger partial charge in [-0.15, -0.1) is 11.3 Å². The average Bonchev–Trinajstić information content (AvgIpc) is 3.05. The standard InChI is InChI=1S/C23H25N5OS.H2/c1-15-25-21-22(26-18-8-4-5-9-19(18)27-23(21)30-15)28-12-11-24-17(14-28)13-16-7-3-6-10-20(16)29-2;/h3-10,17,24,27H,11-14H2,1-2H3;1H/t17-;/m0./s1. The fourth-order valence-electron chi connectivity index (χ4n) is 4.14. The third kappa shape index (κ3) is 3.66. The Labute approximate surface area is 182 Å². The van der Waals surface area contributed by atoms with Crippen LogP contribution in [0.5, 0.6) is 5.75 Å². The highest BCUT2D eigenvalue weighted by Crippen LogP contribution is 2.37. The molecular formula is C23H27N5OS. The molecule has 1 fully saturated rings. The molecule has 0 saturated carbocycles. The van der Waals surface area contributed by atoms with Crippen LogP contribution in [0.2, 0.25) is 0 Å². The van der Waals surface area contributed by atoms with Crippen molar-refractivity contribution in [1.82, 2.24) is 15.2 Å². The zero-order valence-corrected chi connectivity index (χ0v) is 18.0. The second-order valence-corrected chi connectivity index (χ2v) is 8.80. The van der Waals surface area contributed by atoms with Crippen LogP contribution in [0.25, 0.3) is 0 Å². The van der Waals surface area contributed by atoms with Crippen LogP contribution in [-0.4, -0.2) is 48.5 Å². The Bertz CT molecular complexity index is 1100. The van der Waals surface area contributed by atoms with Crippen LogP contribution < -0.4 is 15.4 Å². The molecule has 0 aliphatic carbocycles. The van der Waals surface area contributed by atoms with Gasteiger partial charge in [0.1, 0.15) is 16.4 Å². The number of nitrogens with one attached hydrogen (secondary N) is 2. The Balaban J connectivity index is 0.00000231. The molecule has 6 nitrogen and oxygen atoms in total. The average molecular weight is 422 g/mol. The first kappa shape index (κ1) is 19.1. The molecule has 0 spiro atoms. The van der Waals surface area contributed by atoms with Crippen LogP contribution in [0.15, 0.2) is 53.5 Å². The van der Waals surface area contributed by atoms with E-state index >= 15 is 0 Å². The molecule has 2 N–H and O–H groups in total. The number of rotatable bonds is 3. The normalized spacial score (nSPS) is 18.0. The minimum Gasteiger partial charge on any atom is -0.496 e. The van der Waals surface area contributed by atoms with E-state index in [1.807, 2.05) is 31.2 Å². The van der Waals surface area contributed by atoms with Crippen LogP contribution >= 0.6 is 11.3 Å². The lowest BCUT2D eigenvalue weighted by molar-refractivity contribution is 0.288. The predicted molar refractivity (Wildman–Crippen MR) is 125 cm³/mol. The summed E-state index contributed by atoms with van der Waals surface area (Å²) in [7, 11) is 1.73. The summed E-state index contributed by atoms with van der Waals surface area (Å²) in [5.41, 5.74) is 4.15. The van der Waals surface area contributed by atoms with Crippen molar-refractivity contribution in [3.8, 4) is 5.75 Å². The summed E-state index contributed by atoms with van der Waals surface area (Å²) in [4.78, 5) is 12.3. The summed E-state index contributed by atoms with van der Waals surface area (Å²) >= 11 is 1.68. The lowest BCUT2D eigenvalue weighted by Crippen LogP contribution is -2.53. The quantitative estimate of drug-likeness (QED) is 0.658. The first-order chi connectivity index (χ1) is 14.7. The fraction of sp³-hybridized carbons (Fsp3) is 0.304. The molecule has 2 aliphatic heterocycles. The fourth-order valence-corrected chi connectivity index (χ4v) is 4.97. The highest BCUT2D eigenvalue weighted by molar-refractivity contribution is 7.16. The van der Waals surface area contributed by atoms with Crippen molar-refractivity contribution in [1.29, 1.82) is 0 Å². The zero-order chi connectivity index (χ0) is 20.5. The van der Waals surface area contributed by atoms with Crippen LogP contribution in [0.1, 0.15) is 17.7 Å². The smallest absolute Gasteiger partial charge is 0.158 e. The first-order valence-electron chi connectivity index (χ1n) is 10.2. The molecular weight excluding hydrogens is 394 g/mol. The molecule has 2 aromatic carbocycles. The van der Waals surface area contributed by atoms with Gasteiger partial charge < -0.3 is 20.3 Å². The zero-order valence-electron chi connectivity index (χ0n) is 17.2. The lowest BCUT2D eigenvalue weighted by atomic mass is 10.0. The minimum atomic E-state index is 0. The summed E-state index contributed by atoms with van der Waals surface area (Å²) in [6.07, 6.45) is 0.908. The Morgan fingerprint density at radius 2 is 2.03 bits per heavy atom. The van der Waals surface area contributed by atoms with E-state index in [1.54, 1.807) is 18.4 Å². The van der Waals surface area contributed by atoms with E-state index in [1.165, 1.54) is 5.56 Å². The van der Waals surface area contributed by atoms with Gasteiger partial charge in [-0.25, -0.2) is 9.98 Å². The summed E-state index contributed by atoms with van der Waals surface area (Å²) < 4.78 is 5.55. The first-order valence-corrected chi connectivity index (χ1v) is 11.1. The molecule has 2 aliphatic rings. The number of benzene rings is 2. The number of methoxy groups -OCH3 is 1. The number of nitrogens with zero attached hydrogens (tertiary/aromatic N) is 3. The van der Waals surface area contributed by atoms with Crippen molar-refractivity contribution < 1.29 is 6.16 Å². The molecule has 3 aromatic rings. The third-order valence-electron chi connectivity index (χ3n) is 5.54. The second-order valence-electron chi connectivity index (χ2n) is 7.60. The summed E-state index contributed by atoms with van der Waals surface area (Å²) in [6.45, 7) is 4.73. The van der Waals surface area contributed by atoms with Crippen LogP contribution in [0.4, 0.5) is 16.4 Å². The third-order valence-corrected chi connectivity index (χ3v) is 6.42. The number of ether oxygens (including phenoxy) is 1. The maximum Gasteiger partial charge on any atom is 0.158 e. The van der Waals surface area contributed by atoms with Gasteiger partial charge in [0.05, 0.1) is 23.5 Å². The number of thiazole rings is 1. The predicted octanol–water partition coefficient (Wildman–Crippen LogP) is 4.36. The number of hydrogen-bond donors (Lipinski definition) is 2. The number of aryl methyl sites for hydroxylation is 1. The Hall–Kier alpha value is -2.90. The molecule has 7 heteroatoms. The molecule has 0 bridgehead atoms. The van der Waals surface area contributed by atoms with E-state index in [2.05, 4.69) is 39.8 Å². The molecule has 0 amide bonds. The number of anilines is 2. The summed E-state index contributed by atoms with van der Waals surface area (Å²) in [5.74, 6) is 1.90. The largest absolute Gasteiger partial charge is 0.496 e. The molecule has 1 atom stereocenters. The molecule has 3 heterocycles. The van der Waals surface area contributed by atoms with Gasteiger partial charge in [-0.3, -0.25) is 0 Å². The van der Waals surface area contributed by atoms with Crippen molar-refractivity contribution in [2.45, 2.75) is 19.4 Å². The van der Waals surface area contributed by atoms with E-state index in [4.69, 9.17) is 14.7 Å². The molecule has 30 heavy (non-hydrogen) atoms. The van der Waals surface area contributed by atoms with Gasteiger partial charge in [-0.1, -0.05) is 30.3 Å². The number of fused-ring (bicyclic) bond motifs is 2. The number of amidine groups is 1. The summed E-state index contributed by atoms with van der Waals surface area (Å²) in [5, 5.41) is 9.32. The van der Waals surface area contributed by atoms with Gasteiger partial charge in [-0.05, 0) is 37.1 Å². The van der Waals surface area contributed by atoms with Crippen molar-refractivity contribution in [3.05, 3.63) is 64.8 Å². The molecule has 1 aromatic heterocycles.